The molecular weight excluding hydrogens is 313 g/mol. The van der Waals surface area contributed by atoms with Crippen LogP contribution in [0.15, 0.2) is 17.8 Å². The average Bonchev–Trinajstić information content (AvgIpc) is 3.06. The molecule has 1 atom stereocenters. The van der Waals surface area contributed by atoms with E-state index >= 15 is 0 Å². The lowest BCUT2D eigenvalue weighted by molar-refractivity contribution is -0.141. The lowest BCUT2D eigenvalue weighted by atomic mass is 9.99. The van der Waals surface area contributed by atoms with Gasteiger partial charge in [-0.1, -0.05) is 0 Å². The summed E-state index contributed by atoms with van der Waals surface area (Å²) >= 11 is 1.61. The van der Waals surface area contributed by atoms with Crippen LogP contribution in [0.1, 0.15) is 22.9 Å². The third kappa shape index (κ3) is 3.49. The van der Waals surface area contributed by atoms with Crippen molar-refractivity contribution in [3.63, 3.8) is 0 Å². The number of aryl methyl sites for hydroxylation is 1. The van der Waals surface area contributed by atoms with Crippen LogP contribution in [-0.4, -0.2) is 33.0 Å². The summed E-state index contributed by atoms with van der Waals surface area (Å²) in [4.78, 5) is 10.1. The van der Waals surface area contributed by atoms with E-state index in [1.165, 1.54) is 0 Å². The van der Waals surface area contributed by atoms with Crippen molar-refractivity contribution in [2.75, 3.05) is 13.6 Å². The van der Waals surface area contributed by atoms with Crippen molar-refractivity contribution in [3.05, 3.63) is 34.3 Å². The van der Waals surface area contributed by atoms with Gasteiger partial charge >= 0.3 is 6.18 Å². The number of fused-ring (bicyclic) bond motifs is 1. The number of aromatic nitrogens is 3. The predicted molar refractivity (Wildman–Crippen MR) is 77.5 cm³/mol. The first kappa shape index (κ1) is 15.5. The van der Waals surface area contributed by atoms with Crippen LogP contribution >= 0.6 is 11.3 Å². The first-order chi connectivity index (χ1) is 10.4. The molecule has 2 aromatic rings. The van der Waals surface area contributed by atoms with Gasteiger partial charge in [-0.2, -0.15) is 13.2 Å². The third-order valence-electron chi connectivity index (χ3n) is 3.84. The molecule has 4 nitrogen and oxygen atoms in total. The van der Waals surface area contributed by atoms with Crippen LogP contribution in [0, 0.1) is 5.92 Å². The van der Waals surface area contributed by atoms with E-state index in [2.05, 4.69) is 14.9 Å². The van der Waals surface area contributed by atoms with Gasteiger partial charge in [-0.3, -0.25) is 4.90 Å². The van der Waals surface area contributed by atoms with Gasteiger partial charge in [0.1, 0.15) is 10.8 Å². The van der Waals surface area contributed by atoms with Crippen molar-refractivity contribution in [3.8, 4) is 0 Å². The Bertz CT molecular complexity index is 621. The van der Waals surface area contributed by atoms with Crippen LogP contribution in [0.5, 0.6) is 0 Å². The van der Waals surface area contributed by atoms with Crippen LogP contribution < -0.4 is 0 Å². The van der Waals surface area contributed by atoms with Gasteiger partial charge < -0.3 is 4.57 Å². The lowest BCUT2D eigenvalue weighted by Crippen LogP contribution is -2.31. The summed E-state index contributed by atoms with van der Waals surface area (Å²) in [6, 6.07) is 0. The van der Waals surface area contributed by atoms with Crippen LogP contribution in [0.3, 0.4) is 0 Å². The molecule has 120 valence electrons. The maximum Gasteiger partial charge on any atom is 0.434 e. The second kappa shape index (κ2) is 6.00. The van der Waals surface area contributed by atoms with Crippen LogP contribution in [0.4, 0.5) is 13.2 Å². The second-order valence-corrected chi connectivity index (χ2v) is 6.70. The van der Waals surface area contributed by atoms with Gasteiger partial charge in [0.15, 0.2) is 5.69 Å². The first-order valence-electron chi connectivity index (χ1n) is 7.12. The fourth-order valence-electron chi connectivity index (χ4n) is 2.87. The zero-order valence-corrected chi connectivity index (χ0v) is 13.0. The van der Waals surface area contributed by atoms with Crippen molar-refractivity contribution in [1.82, 2.24) is 19.4 Å². The van der Waals surface area contributed by atoms with E-state index in [9.17, 15) is 13.2 Å². The number of nitrogens with zero attached hydrogens (tertiary/aromatic N) is 4. The van der Waals surface area contributed by atoms with E-state index in [0.717, 1.165) is 30.7 Å². The minimum absolute atomic E-state index is 0.341. The molecule has 0 N–H and O–H groups in total. The van der Waals surface area contributed by atoms with Gasteiger partial charge in [-0.15, -0.1) is 11.3 Å². The van der Waals surface area contributed by atoms with E-state index in [-0.39, 0.29) is 0 Å². The average molecular weight is 330 g/mol. The normalized spacial score (nSPS) is 18.7. The van der Waals surface area contributed by atoms with E-state index in [4.69, 9.17) is 0 Å². The quantitative estimate of drug-likeness (QED) is 0.864. The molecule has 0 spiro atoms. The summed E-state index contributed by atoms with van der Waals surface area (Å²) < 4.78 is 39.8. The molecule has 2 aromatic heterocycles. The van der Waals surface area contributed by atoms with Gasteiger partial charge in [0.05, 0.1) is 6.54 Å². The number of hydrogen-bond donors (Lipinski definition) is 0. The van der Waals surface area contributed by atoms with Gasteiger partial charge in [-0.25, -0.2) is 9.97 Å². The molecule has 0 radical (unpaired) electrons. The highest BCUT2D eigenvalue weighted by Crippen LogP contribution is 2.30. The van der Waals surface area contributed by atoms with Crippen molar-refractivity contribution < 1.29 is 13.2 Å². The van der Waals surface area contributed by atoms with Gasteiger partial charge in [0.25, 0.3) is 0 Å². The van der Waals surface area contributed by atoms with Crippen molar-refractivity contribution in [1.29, 1.82) is 0 Å². The van der Waals surface area contributed by atoms with E-state index in [1.807, 2.05) is 12.4 Å². The Hall–Kier alpha value is -1.41. The Balaban J connectivity index is 1.60. The molecule has 1 aliphatic rings. The monoisotopic (exact) mass is 330 g/mol. The molecule has 8 heteroatoms. The summed E-state index contributed by atoms with van der Waals surface area (Å²) in [5, 5.41) is 3.00. The molecule has 1 aliphatic heterocycles. The van der Waals surface area contributed by atoms with Crippen molar-refractivity contribution >= 4 is 11.3 Å². The highest BCUT2D eigenvalue weighted by atomic mass is 32.1. The summed E-state index contributed by atoms with van der Waals surface area (Å²) in [5.74, 6) is 0.888. The second-order valence-electron chi connectivity index (χ2n) is 5.72. The molecular formula is C14H17F3N4S. The molecule has 3 rings (SSSR count). The number of imidazole rings is 1. The van der Waals surface area contributed by atoms with Gasteiger partial charge in [-0.05, 0) is 19.4 Å². The lowest BCUT2D eigenvalue weighted by Gasteiger charge is -2.27. The molecule has 0 aliphatic carbocycles. The Morgan fingerprint density at radius 1 is 1.45 bits per heavy atom. The Labute approximate surface area is 130 Å². The molecule has 0 saturated heterocycles. The zero-order chi connectivity index (χ0) is 15.7. The molecule has 0 unspecified atom stereocenters. The Kier molecular flexibility index (Phi) is 4.22. The zero-order valence-electron chi connectivity index (χ0n) is 12.2. The molecule has 0 bridgehead atoms. The molecule has 0 fully saturated rings. The van der Waals surface area contributed by atoms with Crippen LogP contribution in [0.25, 0.3) is 0 Å². The fourth-order valence-corrected chi connectivity index (χ4v) is 3.56. The van der Waals surface area contributed by atoms with Gasteiger partial charge in [0.2, 0.25) is 0 Å². The molecule has 3 heterocycles. The summed E-state index contributed by atoms with van der Waals surface area (Å²) in [5.41, 5.74) is -0.778. The summed E-state index contributed by atoms with van der Waals surface area (Å²) in [6.07, 6.45) is 0.0387. The molecule has 0 aromatic carbocycles. The highest BCUT2D eigenvalue weighted by Gasteiger charge is 2.35. The third-order valence-corrected chi connectivity index (χ3v) is 4.60. The van der Waals surface area contributed by atoms with Crippen LogP contribution in [-0.2, 0) is 25.7 Å². The number of halogens is 3. The fraction of sp³-hybridized carbons (Fsp3) is 0.571. The van der Waals surface area contributed by atoms with E-state index in [1.54, 1.807) is 22.1 Å². The summed E-state index contributed by atoms with van der Waals surface area (Å²) in [7, 11) is 2.02. The molecule has 0 saturated carbocycles. The Morgan fingerprint density at radius 2 is 2.27 bits per heavy atom. The number of rotatable bonds is 4. The minimum Gasteiger partial charge on any atom is -0.334 e. The number of thiazole rings is 1. The largest absolute Gasteiger partial charge is 0.434 e. The number of alkyl halides is 3. The summed E-state index contributed by atoms with van der Waals surface area (Å²) in [6.45, 7) is 2.22. The minimum atomic E-state index is -4.36. The SMILES string of the molecule is CN(Cc1nccs1)C[C@H]1CCc2nc(C(F)(F)F)cn2C1. The van der Waals surface area contributed by atoms with Crippen molar-refractivity contribution in [2.24, 2.45) is 5.92 Å². The smallest absolute Gasteiger partial charge is 0.334 e. The number of hydrogen-bond acceptors (Lipinski definition) is 4. The van der Waals surface area contributed by atoms with Crippen LogP contribution in [0.2, 0.25) is 0 Å². The standard InChI is InChI=1S/C14H17F3N4S/c1-20(9-13-18-4-5-22-13)6-10-2-3-12-19-11(14(15,16)17)8-21(12)7-10/h4-5,8,10H,2-3,6-7,9H2,1H3/t10-/m1/s1. The Morgan fingerprint density at radius 3 is 2.95 bits per heavy atom. The maximum absolute atomic E-state index is 12.7. The topological polar surface area (TPSA) is 34.0 Å². The predicted octanol–water partition coefficient (Wildman–Crippen LogP) is 3.05. The van der Waals surface area contributed by atoms with E-state index in [0.29, 0.717) is 24.7 Å². The molecule has 0 amide bonds. The van der Waals surface area contributed by atoms with E-state index < -0.39 is 11.9 Å². The first-order valence-corrected chi connectivity index (χ1v) is 8.00. The van der Waals surface area contributed by atoms with Crippen molar-refractivity contribution in [2.45, 2.75) is 32.1 Å². The molecule has 22 heavy (non-hydrogen) atoms. The highest BCUT2D eigenvalue weighted by molar-refractivity contribution is 7.09. The maximum atomic E-state index is 12.7. The van der Waals surface area contributed by atoms with Gasteiger partial charge in [0, 0.05) is 37.3 Å².